The van der Waals surface area contributed by atoms with E-state index >= 15 is 0 Å². The third-order valence-electron chi connectivity index (χ3n) is 5.64. The van der Waals surface area contributed by atoms with Crippen LogP contribution in [0.5, 0.6) is 0 Å². The van der Waals surface area contributed by atoms with E-state index in [9.17, 15) is 4.79 Å². The lowest BCUT2D eigenvalue weighted by Crippen LogP contribution is -2.49. The Morgan fingerprint density at radius 3 is 2.17 bits per heavy atom. The lowest BCUT2D eigenvalue weighted by atomic mass is 9.75. The topological polar surface area (TPSA) is 41.6 Å². The van der Waals surface area contributed by atoms with E-state index in [0.717, 1.165) is 38.5 Å². The van der Waals surface area contributed by atoms with Crippen molar-refractivity contribution in [2.24, 2.45) is 5.41 Å². The van der Waals surface area contributed by atoms with Gasteiger partial charge in [0.15, 0.2) is 0 Å². The third-order valence-corrected chi connectivity index (χ3v) is 5.64. The minimum atomic E-state index is 0.114. The Kier molecular flexibility index (Phi) is 6.35. The molecule has 2 saturated carbocycles. The van der Waals surface area contributed by atoms with Gasteiger partial charge in [0.2, 0.25) is 0 Å². The SMILES string of the molecule is CC(C)OC1CCC(NC(=O)N(C)C2CCC(C)(C)CC2)CC1. The highest BCUT2D eigenvalue weighted by atomic mass is 16.5. The monoisotopic (exact) mass is 324 g/mol. The molecule has 0 atom stereocenters. The third kappa shape index (κ3) is 5.66. The van der Waals surface area contributed by atoms with E-state index < -0.39 is 0 Å². The minimum absolute atomic E-state index is 0.114. The van der Waals surface area contributed by atoms with E-state index in [1.807, 2.05) is 11.9 Å². The fraction of sp³-hybridized carbons (Fsp3) is 0.947. The molecule has 1 N–H and O–H groups in total. The Morgan fingerprint density at radius 2 is 1.65 bits per heavy atom. The molecule has 0 heterocycles. The second-order valence-electron chi connectivity index (χ2n) is 8.61. The Hall–Kier alpha value is -0.770. The smallest absolute Gasteiger partial charge is 0.317 e. The quantitative estimate of drug-likeness (QED) is 0.836. The van der Waals surface area contributed by atoms with Gasteiger partial charge in [-0.3, -0.25) is 0 Å². The predicted molar refractivity (Wildman–Crippen MR) is 94.6 cm³/mol. The zero-order valence-electron chi connectivity index (χ0n) is 15.7. The number of carbonyl (C=O) groups excluding carboxylic acids is 1. The number of carbonyl (C=O) groups is 1. The molecule has 0 aromatic carbocycles. The second-order valence-corrected chi connectivity index (χ2v) is 8.61. The lowest BCUT2D eigenvalue weighted by molar-refractivity contribution is -0.0158. The highest BCUT2D eigenvalue weighted by Gasteiger charge is 2.31. The van der Waals surface area contributed by atoms with Crippen LogP contribution in [0.3, 0.4) is 0 Å². The summed E-state index contributed by atoms with van der Waals surface area (Å²) in [5.74, 6) is 0. The second kappa shape index (κ2) is 7.87. The van der Waals surface area contributed by atoms with Crippen LogP contribution in [0, 0.1) is 5.41 Å². The average Bonchev–Trinajstić information content (AvgIpc) is 2.48. The molecule has 0 bridgehead atoms. The van der Waals surface area contributed by atoms with Gasteiger partial charge in [0.05, 0.1) is 12.2 Å². The van der Waals surface area contributed by atoms with E-state index in [-0.39, 0.29) is 6.03 Å². The zero-order chi connectivity index (χ0) is 17.0. The first-order chi connectivity index (χ1) is 10.8. The lowest BCUT2D eigenvalue weighted by Gasteiger charge is -2.39. The van der Waals surface area contributed by atoms with Crippen LogP contribution in [0.2, 0.25) is 0 Å². The number of hydrogen-bond acceptors (Lipinski definition) is 2. The molecule has 23 heavy (non-hydrogen) atoms. The molecule has 0 unspecified atom stereocenters. The molecule has 2 amide bonds. The molecule has 4 heteroatoms. The van der Waals surface area contributed by atoms with Crippen molar-refractivity contribution in [1.82, 2.24) is 10.2 Å². The normalized spacial score (nSPS) is 28.6. The van der Waals surface area contributed by atoms with E-state index in [0.29, 0.717) is 29.7 Å². The maximum Gasteiger partial charge on any atom is 0.317 e. The van der Waals surface area contributed by atoms with Crippen molar-refractivity contribution in [2.75, 3.05) is 7.05 Å². The summed E-state index contributed by atoms with van der Waals surface area (Å²) >= 11 is 0. The Labute approximate surface area is 142 Å². The summed E-state index contributed by atoms with van der Waals surface area (Å²) in [6, 6.07) is 0.837. The zero-order valence-corrected chi connectivity index (χ0v) is 15.7. The van der Waals surface area contributed by atoms with Crippen LogP contribution in [0.15, 0.2) is 0 Å². The Bertz CT molecular complexity index is 377. The highest BCUT2D eigenvalue weighted by Crippen LogP contribution is 2.36. The molecular formula is C19H36N2O2. The first kappa shape index (κ1) is 18.6. The van der Waals surface area contributed by atoms with Crippen molar-refractivity contribution in [3.63, 3.8) is 0 Å². The summed E-state index contributed by atoms with van der Waals surface area (Å²) < 4.78 is 5.88. The maximum absolute atomic E-state index is 12.5. The minimum Gasteiger partial charge on any atom is -0.376 e. The molecule has 0 aliphatic heterocycles. The molecule has 0 aromatic heterocycles. The van der Waals surface area contributed by atoms with Crippen LogP contribution < -0.4 is 5.32 Å². The molecule has 0 radical (unpaired) electrons. The van der Waals surface area contributed by atoms with Crippen LogP contribution in [-0.4, -0.2) is 42.3 Å². The van der Waals surface area contributed by atoms with Gasteiger partial charge in [-0.2, -0.15) is 0 Å². The molecule has 0 saturated heterocycles. The Balaban J connectivity index is 1.72. The highest BCUT2D eigenvalue weighted by molar-refractivity contribution is 5.74. The van der Waals surface area contributed by atoms with Crippen molar-refractivity contribution in [3.05, 3.63) is 0 Å². The molecule has 2 rings (SSSR count). The van der Waals surface area contributed by atoms with Crippen LogP contribution >= 0.6 is 0 Å². The van der Waals surface area contributed by atoms with Crippen molar-refractivity contribution in [2.45, 2.75) is 103 Å². The number of ether oxygens (including phenoxy) is 1. The molecule has 0 aromatic rings. The van der Waals surface area contributed by atoms with Crippen LogP contribution in [0.4, 0.5) is 4.79 Å². The van der Waals surface area contributed by atoms with E-state index in [4.69, 9.17) is 4.74 Å². The fourth-order valence-corrected chi connectivity index (χ4v) is 3.94. The molecular weight excluding hydrogens is 288 g/mol. The van der Waals surface area contributed by atoms with Crippen molar-refractivity contribution < 1.29 is 9.53 Å². The van der Waals surface area contributed by atoms with E-state index in [2.05, 4.69) is 33.0 Å². The van der Waals surface area contributed by atoms with Gasteiger partial charge in [0.25, 0.3) is 0 Å². The van der Waals surface area contributed by atoms with E-state index in [1.54, 1.807) is 0 Å². The Morgan fingerprint density at radius 1 is 1.09 bits per heavy atom. The standard InChI is InChI=1S/C19H36N2O2/c1-14(2)23-17-8-6-15(7-9-17)20-18(22)21(5)16-10-12-19(3,4)13-11-16/h14-17H,6-13H2,1-5H3,(H,20,22). The summed E-state index contributed by atoms with van der Waals surface area (Å²) in [5, 5.41) is 3.24. The largest absolute Gasteiger partial charge is 0.376 e. The van der Waals surface area contributed by atoms with Crippen molar-refractivity contribution in [3.8, 4) is 0 Å². The van der Waals surface area contributed by atoms with Crippen molar-refractivity contribution >= 4 is 6.03 Å². The van der Waals surface area contributed by atoms with Gasteiger partial charge >= 0.3 is 6.03 Å². The summed E-state index contributed by atoms with van der Waals surface area (Å²) in [5.41, 5.74) is 0.447. The number of amides is 2. The van der Waals surface area contributed by atoms with Gasteiger partial charge in [0, 0.05) is 19.1 Å². The summed E-state index contributed by atoms with van der Waals surface area (Å²) in [4.78, 5) is 14.5. The molecule has 2 aliphatic rings. The van der Waals surface area contributed by atoms with Crippen LogP contribution in [0.25, 0.3) is 0 Å². The summed E-state index contributed by atoms with van der Waals surface area (Å²) in [6.07, 6.45) is 9.56. The summed E-state index contributed by atoms with van der Waals surface area (Å²) in [6.45, 7) is 8.85. The maximum atomic E-state index is 12.5. The molecule has 2 fully saturated rings. The van der Waals surface area contributed by atoms with Crippen LogP contribution in [0.1, 0.15) is 79.1 Å². The number of rotatable bonds is 4. The van der Waals surface area contributed by atoms with Gasteiger partial charge in [-0.25, -0.2) is 4.79 Å². The van der Waals surface area contributed by atoms with Gasteiger partial charge in [-0.15, -0.1) is 0 Å². The molecule has 0 spiro atoms. The first-order valence-electron chi connectivity index (χ1n) is 9.45. The van der Waals surface area contributed by atoms with Gasteiger partial charge in [-0.05, 0) is 70.6 Å². The average molecular weight is 325 g/mol. The van der Waals surface area contributed by atoms with Gasteiger partial charge < -0.3 is 15.0 Å². The first-order valence-corrected chi connectivity index (χ1v) is 9.45. The molecule has 134 valence electrons. The number of nitrogens with one attached hydrogen (secondary N) is 1. The van der Waals surface area contributed by atoms with E-state index in [1.165, 1.54) is 12.8 Å². The van der Waals surface area contributed by atoms with Gasteiger partial charge in [0.1, 0.15) is 0 Å². The number of nitrogens with zero attached hydrogens (tertiary/aromatic N) is 1. The number of hydrogen-bond donors (Lipinski definition) is 1. The van der Waals surface area contributed by atoms with Crippen molar-refractivity contribution in [1.29, 1.82) is 0 Å². The fourth-order valence-electron chi connectivity index (χ4n) is 3.94. The summed E-state index contributed by atoms with van der Waals surface area (Å²) in [7, 11) is 1.96. The van der Waals surface area contributed by atoms with Crippen LogP contribution in [-0.2, 0) is 4.74 Å². The predicted octanol–water partition coefficient (Wildman–Crippen LogP) is 4.33. The molecule has 2 aliphatic carbocycles. The van der Waals surface area contributed by atoms with Gasteiger partial charge in [-0.1, -0.05) is 13.8 Å². The molecule has 4 nitrogen and oxygen atoms in total. The number of urea groups is 1.